The molecule has 0 atom stereocenters. The van der Waals surface area contributed by atoms with Crippen molar-refractivity contribution in [3.05, 3.63) is 65.7 Å². The molecule has 0 aromatic heterocycles. The number of aliphatic imine (C=N–C) groups is 1. The zero-order chi connectivity index (χ0) is 13.7. The van der Waals surface area contributed by atoms with Gasteiger partial charge in [-0.05, 0) is 24.6 Å². The summed E-state index contributed by atoms with van der Waals surface area (Å²) in [5, 5.41) is 0. The zero-order valence-corrected chi connectivity index (χ0v) is 10.4. The monoisotopic (exact) mass is 256 g/mol. The Labute approximate surface area is 111 Å². The lowest BCUT2D eigenvalue weighted by molar-refractivity contribution is 0.431. The van der Waals surface area contributed by atoms with Crippen LogP contribution in [-0.4, -0.2) is 5.96 Å². The van der Waals surface area contributed by atoms with Crippen LogP contribution in [0.2, 0.25) is 0 Å². The maximum atomic E-state index is 5.87. The number of nitrogens with zero attached hydrogens (tertiary/aromatic N) is 1. The van der Waals surface area contributed by atoms with Crippen LogP contribution in [0.3, 0.4) is 0 Å². The molecule has 0 amide bonds. The number of guanidine groups is 1. The first-order valence-corrected chi connectivity index (χ1v) is 5.85. The van der Waals surface area contributed by atoms with Gasteiger partial charge in [-0.25, -0.2) is 0 Å². The predicted molar refractivity (Wildman–Crippen MR) is 75.9 cm³/mol. The lowest BCUT2D eigenvalue weighted by Gasteiger charge is -2.15. The summed E-state index contributed by atoms with van der Waals surface area (Å²) in [4.78, 5) is 3.87. The van der Waals surface area contributed by atoms with Gasteiger partial charge in [-0.3, -0.25) is 0 Å². The molecule has 5 nitrogen and oxygen atoms in total. The average Bonchev–Trinajstić information content (AvgIpc) is 2.39. The van der Waals surface area contributed by atoms with Crippen molar-refractivity contribution in [2.24, 2.45) is 22.2 Å². The van der Waals surface area contributed by atoms with Crippen molar-refractivity contribution in [2.75, 3.05) is 0 Å². The molecular formula is C14H16N4O. The van der Waals surface area contributed by atoms with Crippen LogP contribution >= 0.6 is 0 Å². The van der Waals surface area contributed by atoms with Crippen LogP contribution in [0, 0.1) is 0 Å². The first-order valence-electron chi connectivity index (χ1n) is 5.85. The van der Waals surface area contributed by atoms with Crippen molar-refractivity contribution < 1.29 is 4.74 Å². The molecule has 1 aliphatic carbocycles. The second kappa shape index (κ2) is 5.77. The lowest BCUT2D eigenvalue weighted by Crippen LogP contribution is -2.24. The van der Waals surface area contributed by atoms with Gasteiger partial charge in [0.15, 0.2) is 5.96 Å². The minimum absolute atomic E-state index is 0.0707. The fourth-order valence-corrected chi connectivity index (χ4v) is 1.69. The number of hydrogen-bond donors (Lipinski definition) is 3. The fourth-order valence-electron chi connectivity index (χ4n) is 1.69. The van der Waals surface area contributed by atoms with Crippen molar-refractivity contribution in [1.29, 1.82) is 0 Å². The fraction of sp³-hybridized carbons (Fsp3) is 0.0714. The van der Waals surface area contributed by atoms with Crippen LogP contribution in [0.1, 0.15) is 6.42 Å². The van der Waals surface area contributed by atoms with Gasteiger partial charge in [0, 0.05) is 5.57 Å². The molecule has 0 aliphatic heterocycles. The van der Waals surface area contributed by atoms with E-state index < -0.39 is 0 Å². The van der Waals surface area contributed by atoms with E-state index in [-0.39, 0.29) is 11.8 Å². The molecule has 1 aromatic rings. The van der Waals surface area contributed by atoms with Crippen molar-refractivity contribution in [1.82, 2.24) is 0 Å². The molecule has 0 radical (unpaired) electrons. The molecule has 0 spiro atoms. The van der Waals surface area contributed by atoms with Gasteiger partial charge in [0.1, 0.15) is 17.3 Å². The third-order valence-electron chi connectivity index (χ3n) is 2.53. The number of nitrogens with two attached hydrogens (primary N) is 3. The Bertz CT molecular complexity index is 566. The zero-order valence-electron chi connectivity index (χ0n) is 10.4. The summed E-state index contributed by atoms with van der Waals surface area (Å²) in [6, 6.07) is 9.46. The highest BCUT2D eigenvalue weighted by Gasteiger charge is 2.13. The van der Waals surface area contributed by atoms with Gasteiger partial charge in [-0.2, -0.15) is 4.99 Å². The van der Waals surface area contributed by atoms with Crippen molar-refractivity contribution in [3.8, 4) is 5.75 Å². The highest BCUT2D eigenvalue weighted by atomic mass is 16.5. The first kappa shape index (κ1) is 12.8. The van der Waals surface area contributed by atoms with E-state index in [2.05, 4.69) is 4.99 Å². The highest BCUT2D eigenvalue weighted by Crippen LogP contribution is 2.25. The Morgan fingerprint density at radius 3 is 2.53 bits per heavy atom. The Kier molecular flexibility index (Phi) is 3.87. The van der Waals surface area contributed by atoms with E-state index >= 15 is 0 Å². The smallest absolute Gasteiger partial charge is 0.192 e. The van der Waals surface area contributed by atoms with Crippen LogP contribution < -0.4 is 21.9 Å². The summed E-state index contributed by atoms with van der Waals surface area (Å²) in [6.45, 7) is 0. The molecule has 1 aliphatic rings. The topological polar surface area (TPSA) is 99.7 Å². The molecule has 2 rings (SSSR count). The van der Waals surface area contributed by atoms with Crippen LogP contribution in [0.25, 0.3) is 0 Å². The van der Waals surface area contributed by atoms with Crippen molar-refractivity contribution in [2.45, 2.75) is 6.42 Å². The third-order valence-corrected chi connectivity index (χ3v) is 2.53. The number of para-hydroxylation sites is 1. The molecule has 0 unspecified atom stereocenters. The molecule has 0 bridgehead atoms. The number of rotatable bonds is 3. The van der Waals surface area contributed by atoms with Gasteiger partial charge in [-0.1, -0.05) is 30.4 Å². The molecule has 0 saturated carbocycles. The Balaban J connectivity index is 2.29. The molecule has 5 heteroatoms. The number of allylic oxidation sites excluding steroid dienone is 4. The summed E-state index contributed by atoms with van der Waals surface area (Å²) in [6.07, 6.45) is 6.33. The summed E-state index contributed by atoms with van der Waals surface area (Å²) in [5.41, 5.74) is 17.3. The average molecular weight is 256 g/mol. The standard InChI is InChI=1S/C14H16N4O/c15-13(18-14(16)17)11-8-4-5-9-12(11)19-10-6-2-1-3-7-10/h1-7,9H,8,15H2,(H4,16,17,18)/b13-11+. The minimum atomic E-state index is -0.0707. The summed E-state index contributed by atoms with van der Waals surface area (Å²) >= 11 is 0. The number of ether oxygens (including phenoxy) is 1. The largest absolute Gasteiger partial charge is 0.457 e. The third kappa shape index (κ3) is 3.38. The van der Waals surface area contributed by atoms with E-state index in [9.17, 15) is 0 Å². The Morgan fingerprint density at radius 1 is 1.11 bits per heavy atom. The molecule has 0 saturated heterocycles. The molecular weight excluding hydrogens is 240 g/mol. The molecule has 19 heavy (non-hydrogen) atoms. The minimum Gasteiger partial charge on any atom is -0.457 e. The van der Waals surface area contributed by atoms with Gasteiger partial charge < -0.3 is 21.9 Å². The van der Waals surface area contributed by atoms with Gasteiger partial charge in [0.25, 0.3) is 0 Å². The maximum Gasteiger partial charge on any atom is 0.192 e. The van der Waals surface area contributed by atoms with E-state index in [4.69, 9.17) is 21.9 Å². The van der Waals surface area contributed by atoms with E-state index in [1.165, 1.54) is 0 Å². The Morgan fingerprint density at radius 2 is 1.84 bits per heavy atom. The molecule has 0 fully saturated rings. The van der Waals surface area contributed by atoms with Gasteiger partial charge >= 0.3 is 0 Å². The van der Waals surface area contributed by atoms with E-state index in [1.54, 1.807) is 0 Å². The van der Waals surface area contributed by atoms with E-state index in [0.29, 0.717) is 12.2 Å². The highest BCUT2D eigenvalue weighted by molar-refractivity contribution is 5.77. The lowest BCUT2D eigenvalue weighted by atomic mass is 10.1. The van der Waals surface area contributed by atoms with Crippen molar-refractivity contribution >= 4 is 5.96 Å². The second-order valence-electron chi connectivity index (χ2n) is 3.98. The maximum absolute atomic E-state index is 5.87. The molecule has 0 heterocycles. The second-order valence-corrected chi connectivity index (χ2v) is 3.98. The predicted octanol–water partition coefficient (Wildman–Crippen LogP) is 1.35. The van der Waals surface area contributed by atoms with Crippen LogP contribution in [0.5, 0.6) is 5.75 Å². The summed E-state index contributed by atoms with van der Waals surface area (Å²) in [5.74, 6) is 1.58. The van der Waals surface area contributed by atoms with E-state index in [1.807, 2.05) is 48.6 Å². The number of benzene rings is 1. The quantitative estimate of drug-likeness (QED) is 0.561. The van der Waals surface area contributed by atoms with Gasteiger partial charge in [0.05, 0.1) is 0 Å². The van der Waals surface area contributed by atoms with Gasteiger partial charge in [0.2, 0.25) is 0 Å². The summed E-state index contributed by atoms with van der Waals surface area (Å²) < 4.78 is 5.79. The first-order chi connectivity index (χ1) is 9.16. The van der Waals surface area contributed by atoms with Gasteiger partial charge in [-0.15, -0.1) is 0 Å². The number of hydrogen-bond acceptors (Lipinski definition) is 3. The van der Waals surface area contributed by atoms with Crippen LogP contribution in [0.4, 0.5) is 0 Å². The molecule has 6 N–H and O–H groups in total. The molecule has 1 aromatic carbocycles. The van der Waals surface area contributed by atoms with Crippen molar-refractivity contribution in [3.63, 3.8) is 0 Å². The molecule has 98 valence electrons. The summed E-state index contributed by atoms with van der Waals surface area (Å²) in [7, 11) is 0. The SMILES string of the molecule is NC(N)=N/C(N)=C1\CC=CC=C1Oc1ccccc1. The Hall–Kier alpha value is -2.69. The normalized spacial score (nSPS) is 16.5. The van der Waals surface area contributed by atoms with Crippen LogP contribution in [0.15, 0.2) is 70.7 Å². The van der Waals surface area contributed by atoms with Crippen LogP contribution in [-0.2, 0) is 0 Å². The van der Waals surface area contributed by atoms with E-state index in [0.717, 1.165) is 11.3 Å².